The largest absolute Gasteiger partial charge is 0.383 e. The average molecular weight is 236 g/mol. The zero-order valence-corrected chi connectivity index (χ0v) is 10.4. The van der Waals surface area contributed by atoms with Crippen molar-refractivity contribution in [2.45, 2.75) is 19.8 Å². The molecule has 1 aromatic heterocycles. The minimum Gasteiger partial charge on any atom is -0.383 e. The van der Waals surface area contributed by atoms with E-state index in [9.17, 15) is 0 Å². The lowest BCUT2D eigenvalue weighted by atomic mass is 10.0. The van der Waals surface area contributed by atoms with E-state index in [0.29, 0.717) is 11.7 Å². The normalized spacial score (nSPS) is 16.5. The maximum atomic E-state index is 5.96. The smallest absolute Gasteiger partial charge is 0.223 e. The fraction of sp³-hybridized carbons (Fsp3) is 0.636. The molecule has 1 saturated heterocycles. The van der Waals surface area contributed by atoms with Crippen LogP contribution in [-0.4, -0.2) is 36.1 Å². The molecule has 2 heterocycles. The van der Waals surface area contributed by atoms with E-state index in [1.807, 2.05) is 0 Å². The standard InChI is InChI=1S/C11H20N6/c1-7(2)8-9(12)15-11(13)16-10(8)17-5-3-14-4-6-17/h7,14H,3-6H2,1-2H3,(H4,12,13,15,16). The highest BCUT2D eigenvalue weighted by Crippen LogP contribution is 2.30. The molecule has 0 aromatic carbocycles. The van der Waals surface area contributed by atoms with Gasteiger partial charge in [-0.25, -0.2) is 0 Å². The number of hydrogen-bond acceptors (Lipinski definition) is 6. The van der Waals surface area contributed by atoms with Crippen LogP contribution < -0.4 is 21.7 Å². The number of nitrogens with zero attached hydrogens (tertiary/aromatic N) is 3. The lowest BCUT2D eigenvalue weighted by Gasteiger charge is -2.31. The predicted octanol–water partition coefficient (Wildman–Crippen LogP) is 0.174. The summed E-state index contributed by atoms with van der Waals surface area (Å²) in [6.45, 7) is 7.96. The number of anilines is 3. The first kappa shape index (κ1) is 11.9. The maximum absolute atomic E-state index is 5.96. The van der Waals surface area contributed by atoms with Gasteiger partial charge in [-0.15, -0.1) is 0 Å². The van der Waals surface area contributed by atoms with Crippen LogP contribution in [0.1, 0.15) is 25.3 Å². The number of rotatable bonds is 2. The highest BCUT2D eigenvalue weighted by molar-refractivity contribution is 5.61. The first-order chi connectivity index (χ1) is 8.09. The highest BCUT2D eigenvalue weighted by Gasteiger charge is 2.21. The number of aromatic nitrogens is 2. The molecule has 1 aliphatic rings. The SMILES string of the molecule is CC(C)c1c(N)nc(N)nc1N1CCNCC1. The van der Waals surface area contributed by atoms with Crippen molar-refractivity contribution in [3.05, 3.63) is 5.56 Å². The van der Waals surface area contributed by atoms with Crippen LogP contribution in [0.3, 0.4) is 0 Å². The Morgan fingerprint density at radius 2 is 1.82 bits per heavy atom. The summed E-state index contributed by atoms with van der Waals surface area (Å²) in [5, 5.41) is 3.31. The van der Waals surface area contributed by atoms with Crippen LogP contribution in [0.15, 0.2) is 0 Å². The first-order valence-corrected chi connectivity index (χ1v) is 5.98. The van der Waals surface area contributed by atoms with E-state index < -0.39 is 0 Å². The summed E-state index contributed by atoms with van der Waals surface area (Å²) >= 11 is 0. The molecular formula is C11H20N6. The van der Waals surface area contributed by atoms with Crippen LogP contribution in [-0.2, 0) is 0 Å². The van der Waals surface area contributed by atoms with E-state index in [0.717, 1.165) is 37.6 Å². The van der Waals surface area contributed by atoms with Crippen LogP contribution in [0, 0.1) is 0 Å². The van der Waals surface area contributed by atoms with Gasteiger partial charge < -0.3 is 21.7 Å². The summed E-state index contributed by atoms with van der Waals surface area (Å²) in [4.78, 5) is 10.6. The average Bonchev–Trinajstić information content (AvgIpc) is 2.28. The Bertz CT molecular complexity index is 397. The molecule has 0 aliphatic carbocycles. The van der Waals surface area contributed by atoms with Gasteiger partial charge in [-0.1, -0.05) is 13.8 Å². The minimum absolute atomic E-state index is 0.250. The molecule has 0 saturated carbocycles. The van der Waals surface area contributed by atoms with Crippen molar-refractivity contribution in [2.75, 3.05) is 42.5 Å². The minimum atomic E-state index is 0.250. The topological polar surface area (TPSA) is 93.1 Å². The summed E-state index contributed by atoms with van der Waals surface area (Å²) < 4.78 is 0. The van der Waals surface area contributed by atoms with Crippen molar-refractivity contribution < 1.29 is 0 Å². The van der Waals surface area contributed by atoms with Gasteiger partial charge in [-0.2, -0.15) is 9.97 Å². The summed E-state index contributed by atoms with van der Waals surface area (Å²) in [5.74, 6) is 1.94. The quantitative estimate of drug-likeness (QED) is 0.678. The van der Waals surface area contributed by atoms with Gasteiger partial charge in [0.15, 0.2) is 0 Å². The molecule has 0 amide bonds. The summed E-state index contributed by atoms with van der Waals surface area (Å²) in [6.07, 6.45) is 0. The molecule has 1 aliphatic heterocycles. The van der Waals surface area contributed by atoms with E-state index in [-0.39, 0.29) is 5.95 Å². The Morgan fingerprint density at radius 3 is 2.41 bits per heavy atom. The molecule has 2 rings (SSSR count). The molecule has 6 nitrogen and oxygen atoms in total. The molecule has 5 N–H and O–H groups in total. The second-order valence-corrected chi connectivity index (χ2v) is 4.60. The molecule has 6 heteroatoms. The summed E-state index contributed by atoms with van der Waals surface area (Å²) in [5.41, 5.74) is 12.6. The monoisotopic (exact) mass is 236 g/mol. The number of hydrogen-bond donors (Lipinski definition) is 3. The summed E-state index contributed by atoms with van der Waals surface area (Å²) in [6, 6.07) is 0. The Balaban J connectivity index is 2.42. The highest BCUT2D eigenvalue weighted by atomic mass is 15.3. The molecule has 0 unspecified atom stereocenters. The van der Waals surface area contributed by atoms with Crippen molar-refractivity contribution in [1.82, 2.24) is 15.3 Å². The molecule has 94 valence electrons. The van der Waals surface area contributed by atoms with Crippen molar-refractivity contribution in [3.8, 4) is 0 Å². The number of nitrogens with two attached hydrogens (primary N) is 2. The third kappa shape index (κ3) is 2.41. The van der Waals surface area contributed by atoms with Gasteiger partial charge in [0, 0.05) is 31.7 Å². The summed E-state index contributed by atoms with van der Waals surface area (Å²) in [7, 11) is 0. The van der Waals surface area contributed by atoms with Gasteiger partial charge in [0.25, 0.3) is 0 Å². The van der Waals surface area contributed by atoms with Crippen LogP contribution in [0.4, 0.5) is 17.6 Å². The first-order valence-electron chi connectivity index (χ1n) is 5.98. The van der Waals surface area contributed by atoms with Gasteiger partial charge in [0.2, 0.25) is 5.95 Å². The van der Waals surface area contributed by atoms with Crippen LogP contribution in [0.5, 0.6) is 0 Å². The Kier molecular flexibility index (Phi) is 3.33. The third-order valence-electron chi connectivity index (χ3n) is 2.97. The van der Waals surface area contributed by atoms with Crippen molar-refractivity contribution in [2.24, 2.45) is 0 Å². The fourth-order valence-electron chi connectivity index (χ4n) is 2.16. The molecule has 0 radical (unpaired) electrons. The van der Waals surface area contributed by atoms with Gasteiger partial charge >= 0.3 is 0 Å². The molecule has 0 atom stereocenters. The van der Waals surface area contributed by atoms with Gasteiger partial charge in [-0.05, 0) is 5.92 Å². The van der Waals surface area contributed by atoms with E-state index in [1.54, 1.807) is 0 Å². The van der Waals surface area contributed by atoms with Gasteiger partial charge in [0.1, 0.15) is 11.6 Å². The zero-order valence-electron chi connectivity index (χ0n) is 10.4. The molecule has 0 spiro atoms. The number of nitrogen functional groups attached to an aromatic ring is 2. The van der Waals surface area contributed by atoms with Crippen LogP contribution in [0.25, 0.3) is 0 Å². The zero-order chi connectivity index (χ0) is 12.4. The Hall–Kier alpha value is -1.56. The third-order valence-corrected chi connectivity index (χ3v) is 2.97. The lowest BCUT2D eigenvalue weighted by Crippen LogP contribution is -2.44. The van der Waals surface area contributed by atoms with E-state index in [2.05, 4.69) is 34.0 Å². The fourth-order valence-corrected chi connectivity index (χ4v) is 2.16. The lowest BCUT2D eigenvalue weighted by molar-refractivity contribution is 0.581. The molecule has 1 fully saturated rings. The Labute approximate surface area is 101 Å². The molecular weight excluding hydrogens is 216 g/mol. The second kappa shape index (κ2) is 4.75. The molecule has 1 aromatic rings. The Morgan fingerprint density at radius 1 is 1.18 bits per heavy atom. The number of piperazine rings is 1. The van der Waals surface area contributed by atoms with Crippen molar-refractivity contribution in [1.29, 1.82) is 0 Å². The van der Waals surface area contributed by atoms with Crippen molar-refractivity contribution >= 4 is 17.6 Å². The van der Waals surface area contributed by atoms with Gasteiger partial charge in [-0.3, -0.25) is 0 Å². The van der Waals surface area contributed by atoms with Gasteiger partial charge in [0.05, 0.1) is 0 Å². The van der Waals surface area contributed by atoms with Crippen molar-refractivity contribution in [3.63, 3.8) is 0 Å². The number of nitrogens with one attached hydrogen (secondary N) is 1. The maximum Gasteiger partial charge on any atom is 0.223 e. The van der Waals surface area contributed by atoms with E-state index in [4.69, 9.17) is 11.5 Å². The molecule has 0 bridgehead atoms. The van der Waals surface area contributed by atoms with Crippen LogP contribution >= 0.6 is 0 Å². The van der Waals surface area contributed by atoms with E-state index in [1.165, 1.54) is 0 Å². The molecule has 17 heavy (non-hydrogen) atoms. The second-order valence-electron chi connectivity index (χ2n) is 4.60. The van der Waals surface area contributed by atoms with Crippen LogP contribution in [0.2, 0.25) is 0 Å². The predicted molar refractivity (Wildman–Crippen MR) is 70.0 cm³/mol. The van der Waals surface area contributed by atoms with E-state index >= 15 is 0 Å².